The lowest BCUT2D eigenvalue weighted by molar-refractivity contribution is -0.138. The van der Waals surface area contributed by atoms with Crippen molar-refractivity contribution in [3.63, 3.8) is 0 Å². The van der Waals surface area contributed by atoms with Crippen molar-refractivity contribution in [2.24, 2.45) is 0 Å². The van der Waals surface area contributed by atoms with Crippen LogP contribution in [-0.2, 0) is 17.1 Å². The average molecular weight is 703 g/mol. The molecule has 0 saturated carbocycles. The molecule has 3 atom stereocenters. The van der Waals surface area contributed by atoms with Gasteiger partial charge in [-0.05, 0) is 116 Å². The molecule has 0 radical (unpaired) electrons. The fourth-order valence-corrected chi connectivity index (χ4v) is 7.31. The molecule has 1 aromatic heterocycles. The van der Waals surface area contributed by atoms with E-state index in [0.29, 0.717) is 34.4 Å². The highest BCUT2D eigenvalue weighted by atomic mass is 19.4. The zero-order valence-electron chi connectivity index (χ0n) is 27.0. The Kier molecular flexibility index (Phi) is 8.35. The summed E-state index contributed by atoms with van der Waals surface area (Å²) in [5.74, 6) is -2.25. The number of aryl methyl sites for hydroxylation is 2. The third-order valence-corrected chi connectivity index (χ3v) is 9.46. The molecule has 0 spiro atoms. The predicted octanol–water partition coefficient (Wildman–Crippen LogP) is 9.70. The Morgan fingerprint density at radius 1 is 0.960 bits per heavy atom. The number of aromatic nitrogens is 1. The summed E-state index contributed by atoms with van der Waals surface area (Å²) in [4.78, 5) is 30.8. The SMILES string of the molecule is COc1ncc(-c2c(C)cc(C(=O)O)cc2C)cc1-c1ccc(C(F)(F)F)cc1[C@@H]1CCC2(C)[C@@H](c3cc(F)cc(C(F)(F)F)c3)OC(=O)N12. The lowest BCUT2D eigenvalue weighted by Gasteiger charge is -2.33. The number of fused-ring (bicyclic) bond motifs is 1. The van der Waals surface area contributed by atoms with E-state index in [-0.39, 0.29) is 46.5 Å². The lowest BCUT2D eigenvalue weighted by atomic mass is 9.87. The fourth-order valence-electron chi connectivity index (χ4n) is 7.31. The summed E-state index contributed by atoms with van der Waals surface area (Å²) in [6.07, 6.45) is -10.3. The molecule has 2 aliphatic rings. The van der Waals surface area contributed by atoms with Crippen molar-refractivity contribution in [2.75, 3.05) is 7.11 Å². The maximum Gasteiger partial charge on any atom is 0.416 e. The number of pyridine rings is 1. The van der Waals surface area contributed by atoms with Gasteiger partial charge in [0.15, 0.2) is 6.10 Å². The first kappa shape index (κ1) is 34.7. The van der Waals surface area contributed by atoms with Gasteiger partial charge in [-0.25, -0.2) is 19.0 Å². The Morgan fingerprint density at radius 2 is 1.62 bits per heavy atom. The normalized spacial score (nSPS) is 20.5. The number of hydrogen-bond donors (Lipinski definition) is 1. The molecular formula is C36H29F7N2O5. The number of amides is 1. The summed E-state index contributed by atoms with van der Waals surface area (Å²) in [7, 11) is 1.33. The van der Waals surface area contributed by atoms with Gasteiger partial charge in [-0.1, -0.05) is 6.07 Å². The number of carbonyl (C=O) groups excluding carboxylic acids is 1. The smallest absolute Gasteiger partial charge is 0.416 e. The van der Waals surface area contributed by atoms with E-state index in [1.807, 2.05) is 0 Å². The van der Waals surface area contributed by atoms with Crippen molar-refractivity contribution in [1.29, 1.82) is 0 Å². The number of aromatic carboxylic acids is 1. The molecule has 7 nitrogen and oxygen atoms in total. The Bertz CT molecular complexity index is 2020. The maximum atomic E-state index is 14.4. The summed E-state index contributed by atoms with van der Waals surface area (Å²) in [5.41, 5.74) is -0.859. The highest BCUT2D eigenvalue weighted by Crippen LogP contribution is 2.56. The molecule has 14 heteroatoms. The largest absolute Gasteiger partial charge is 0.481 e. The number of carboxylic acid groups (broad SMARTS) is 1. The third-order valence-electron chi connectivity index (χ3n) is 9.46. The topological polar surface area (TPSA) is 89.0 Å². The van der Waals surface area contributed by atoms with Crippen molar-refractivity contribution in [1.82, 2.24) is 9.88 Å². The molecule has 0 bridgehead atoms. The number of halogens is 7. The predicted molar refractivity (Wildman–Crippen MR) is 166 cm³/mol. The lowest BCUT2D eigenvalue weighted by Crippen LogP contribution is -2.41. The standard InChI is InChI=1S/C36H29F7N2O5/c1-17-9-20(32(46)47)10-18(2)29(17)21-13-27(31(49-4)44-16-21)25-6-5-22(35(38,39)40)15-26(25)28-7-8-34(3)30(50-33(48)45(28)34)19-11-23(36(41,42)43)14-24(37)12-19/h5-6,9-16,28,30H,7-8H2,1-4H3,(H,46,47)/t28-,30+,34?/m0/s1. The van der Waals surface area contributed by atoms with Gasteiger partial charge in [0, 0.05) is 17.3 Å². The number of alkyl halides is 6. The summed E-state index contributed by atoms with van der Waals surface area (Å²) in [5, 5.41) is 9.50. The third kappa shape index (κ3) is 5.90. The molecule has 3 heterocycles. The summed E-state index contributed by atoms with van der Waals surface area (Å²) < 4.78 is 109. The maximum absolute atomic E-state index is 14.4. The molecule has 1 unspecified atom stereocenters. The zero-order chi connectivity index (χ0) is 36.5. The Labute approximate surface area is 281 Å². The van der Waals surface area contributed by atoms with Crippen molar-refractivity contribution in [2.45, 2.75) is 63.7 Å². The molecule has 1 N–H and O–H groups in total. The molecule has 2 saturated heterocycles. The van der Waals surface area contributed by atoms with Crippen LogP contribution in [0.25, 0.3) is 22.3 Å². The first-order chi connectivity index (χ1) is 23.3. The minimum absolute atomic E-state index is 0.0503. The van der Waals surface area contributed by atoms with E-state index in [4.69, 9.17) is 9.47 Å². The number of carbonyl (C=O) groups is 2. The van der Waals surface area contributed by atoms with Gasteiger partial charge in [0.05, 0.1) is 35.4 Å². The van der Waals surface area contributed by atoms with Crippen LogP contribution < -0.4 is 4.74 Å². The summed E-state index contributed by atoms with van der Waals surface area (Å²) in [6.45, 7) is 4.98. The monoisotopic (exact) mass is 702 g/mol. The Balaban J connectivity index is 1.50. The molecular weight excluding hydrogens is 673 g/mol. The van der Waals surface area contributed by atoms with Crippen LogP contribution in [0.3, 0.4) is 0 Å². The zero-order valence-corrected chi connectivity index (χ0v) is 27.0. The second-order valence-corrected chi connectivity index (χ2v) is 12.7. The van der Waals surface area contributed by atoms with Crippen LogP contribution in [0.5, 0.6) is 5.88 Å². The first-order valence-electron chi connectivity index (χ1n) is 15.3. The highest BCUT2D eigenvalue weighted by molar-refractivity contribution is 5.90. The molecule has 6 rings (SSSR count). The van der Waals surface area contributed by atoms with Crippen LogP contribution in [0.15, 0.2) is 60.8 Å². The number of methoxy groups -OCH3 is 1. The van der Waals surface area contributed by atoms with Gasteiger partial charge in [-0.15, -0.1) is 0 Å². The van der Waals surface area contributed by atoms with Crippen LogP contribution in [0.2, 0.25) is 0 Å². The Morgan fingerprint density at radius 3 is 2.22 bits per heavy atom. The minimum atomic E-state index is -4.89. The number of nitrogens with zero attached hydrogens (tertiary/aromatic N) is 2. The van der Waals surface area contributed by atoms with E-state index >= 15 is 0 Å². The molecule has 262 valence electrons. The van der Waals surface area contributed by atoms with Crippen molar-refractivity contribution >= 4 is 12.1 Å². The van der Waals surface area contributed by atoms with Crippen LogP contribution in [-0.4, -0.2) is 39.7 Å². The average Bonchev–Trinajstić information content (AvgIpc) is 3.51. The second-order valence-electron chi connectivity index (χ2n) is 12.7. The first-order valence-corrected chi connectivity index (χ1v) is 15.3. The molecule has 2 fully saturated rings. The van der Waals surface area contributed by atoms with E-state index in [0.717, 1.165) is 18.2 Å². The van der Waals surface area contributed by atoms with Gasteiger partial charge in [0.2, 0.25) is 5.88 Å². The second kappa shape index (κ2) is 12.0. The molecule has 3 aromatic carbocycles. The van der Waals surface area contributed by atoms with E-state index in [2.05, 4.69) is 4.98 Å². The minimum Gasteiger partial charge on any atom is -0.481 e. The number of carboxylic acids is 1. The molecule has 2 aliphatic heterocycles. The quantitative estimate of drug-likeness (QED) is 0.201. The van der Waals surface area contributed by atoms with Gasteiger partial charge in [-0.2, -0.15) is 26.3 Å². The number of hydrogen-bond acceptors (Lipinski definition) is 5. The van der Waals surface area contributed by atoms with Gasteiger partial charge >= 0.3 is 24.4 Å². The Hall–Kier alpha value is -5.14. The van der Waals surface area contributed by atoms with Crippen LogP contribution in [0.1, 0.15) is 75.6 Å². The van der Waals surface area contributed by atoms with Gasteiger partial charge in [-0.3, -0.25) is 4.90 Å². The van der Waals surface area contributed by atoms with Crippen LogP contribution >= 0.6 is 0 Å². The fraction of sp³-hybridized carbons (Fsp3) is 0.306. The van der Waals surface area contributed by atoms with E-state index in [9.17, 15) is 45.4 Å². The van der Waals surface area contributed by atoms with Crippen LogP contribution in [0, 0.1) is 19.7 Å². The summed E-state index contributed by atoms with van der Waals surface area (Å²) >= 11 is 0. The molecule has 4 aromatic rings. The number of ether oxygens (including phenoxy) is 2. The number of benzene rings is 3. The number of cyclic esters (lactones) is 1. The van der Waals surface area contributed by atoms with Crippen molar-refractivity contribution < 1.29 is 54.9 Å². The van der Waals surface area contributed by atoms with Gasteiger partial charge in [0.1, 0.15) is 5.82 Å². The van der Waals surface area contributed by atoms with Gasteiger partial charge < -0.3 is 14.6 Å². The van der Waals surface area contributed by atoms with Crippen LogP contribution in [0.4, 0.5) is 35.5 Å². The van der Waals surface area contributed by atoms with Crippen molar-refractivity contribution in [3.8, 4) is 28.1 Å². The highest BCUT2D eigenvalue weighted by Gasteiger charge is 2.59. The molecule has 0 aliphatic carbocycles. The van der Waals surface area contributed by atoms with Crippen molar-refractivity contribution in [3.05, 3.63) is 106 Å². The molecule has 1 amide bonds. The van der Waals surface area contributed by atoms with Gasteiger partial charge in [0.25, 0.3) is 0 Å². The van der Waals surface area contributed by atoms with E-state index < -0.39 is 59.0 Å². The molecule has 50 heavy (non-hydrogen) atoms. The summed E-state index contributed by atoms with van der Waals surface area (Å²) in [6, 6.07) is 8.50. The van der Waals surface area contributed by atoms with E-state index in [1.54, 1.807) is 26.8 Å². The number of rotatable bonds is 6. The van der Waals surface area contributed by atoms with E-state index in [1.165, 1.54) is 36.4 Å².